The fourth-order valence-electron chi connectivity index (χ4n) is 0.755. The fraction of sp³-hybridized carbons (Fsp3) is 0. The van der Waals surface area contributed by atoms with Crippen LogP contribution in [0.2, 0.25) is 5.02 Å². The molecule has 0 amide bonds. The third-order valence-corrected chi connectivity index (χ3v) is 2.65. The van der Waals surface area contributed by atoms with Gasteiger partial charge in [-0.25, -0.2) is 4.39 Å². The summed E-state index contributed by atoms with van der Waals surface area (Å²) in [5, 5.41) is 2.47. The van der Waals surface area contributed by atoms with Crippen LogP contribution < -0.4 is 11.1 Å². The Hall–Kier alpha value is -0.390. The third kappa shape index (κ3) is 2.52. The van der Waals surface area contributed by atoms with Crippen LogP contribution in [0, 0.1) is 5.82 Å². The van der Waals surface area contributed by atoms with E-state index in [2.05, 4.69) is 33.5 Å². The van der Waals surface area contributed by atoms with Crippen molar-refractivity contribution >= 4 is 50.5 Å². The molecule has 6 heteroatoms. The first kappa shape index (κ1) is 10.7. The molecule has 0 radical (unpaired) electrons. The average molecular weight is 284 g/mol. The highest BCUT2D eigenvalue weighted by Gasteiger charge is 2.09. The Morgan fingerprint density at radius 3 is 2.77 bits per heavy atom. The monoisotopic (exact) mass is 282 g/mol. The van der Waals surface area contributed by atoms with Gasteiger partial charge in [0.15, 0.2) is 10.9 Å². The van der Waals surface area contributed by atoms with Gasteiger partial charge in [0.1, 0.15) is 0 Å². The van der Waals surface area contributed by atoms with Crippen LogP contribution in [0.1, 0.15) is 0 Å². The zero-order chi connectivity index (χ0) is 10.0. The van der Waals surface area contributed by atoms with Crippen molar-refractivity contribution in [2.24, 2.45) is 5.73 Å². The van der Waals surface area contributed by atoms with Gasteiger partial charge in [-0.15, -0.1) is 0 Å². The summed E-state index contributed by atoms with van der Waals surface area (Å²) in [6.07, 6.45) is 0. The van der Waals surface area contributed by atoms with Crippen molar-refractivity contribution in [3.63, 3.8) is 0 Å². The molecule has 0 aliphatic carbocycles. The second-order valence-electron chi connectivity index (χ2n) is 2.21. The molecule has 3 N–H and O–H groups in total. The van der Waals surface area contributed by atoms with Gasteiger partial charge in [0.2, 0.25) is 0 Å². The Labute approximate surface area is 93.4 Å². The number of hydrogen-bond donors (Lipinski definition) is 2. The van der Waals surface area contributed by atoms with E-state index in [9.17, 15) is 4.39 Å². The SMILES string of the molecule is NC(=S)Nc1ccc(Br)c(Cl)c1F. The van der Waals surface area contributed by atoms with Gasteiger partial charge in [0, 0.05) is 4.47 Å². The second kappa shape index (κ2) is 4.21. The van der Waals surface area contributed by atoms with Crippen LogP contribution in [-0.2, 0) is 0 Å². The quantitative estimate of drug-likeness (QED) is 0.615. The summed E-state index contributed by atoms with van der Waals surface area (Å²) in [7, 11) is 0. The molecule has 2 nitrogen and oxygen atoms in total. The van der Waals surface area contributed by atoms with Gasteiger partial charge in [-0.3, -0.25) is 0 Å². The lowest BCUT2D eigenvalue weighted by Crippen LogP contribution is -2.19. The van der Waals surface area contributed by atoms with Gasteiger partial charge in [0.25, 0.3) is 0 Å². The van der Waals surface area contributed by atoms with Crippen molar-refractivity contribution < 1.29 is 4.39 Å². The standard InChI is InChI=1S/C7H5BrClFN2S/c8-3-1-2-4(12-7(11)13)6(10)5(3)9/h1-2H,(H3,11,12,13). The van der Waals surface area contributed by atoms with E-state index in [1.807, 2.05) is 0 Å². The highest BCUT2D eigenvalue weighted by molar-refractivity contribution is 9.10. The Kier molecular flexibility index (Phi) is 3.47. The van der Waals surface area contributed by atoms with E-state index in [1.165, 1.54) is 6.07 Å². The molecule has 0 spiro atoms. The Bertz CT molecular complexity index is 359. The minimum atomic E-state index is -0.580. The van der Waals surface area contributed by atoms with Crippen molar-refractivity contribution in [1.82, 2.24) is 0 Å². The van der Waals surface area contributed by atoms with Crippen LogP contribution in [0.25, 0.3) is 0 Å². The van der Waals surface area contributed by atoms with Gasteiger partial charge in [0.05, 0.1) is 10.7 Å². The highest BCUT2D eigenvalue weighted by Crippen LogP contribution is 2.29. The summed E-state index contributed by atoms with van der Waals surface area (Å²) in [5.74, 6) is -0.580. The summed E-state index contributed by atoms with van der Waals surface area (Å²) < 4.78 is 13.8. The van der Waals surface area contributed by atoms with E-state index in [0.717, 1.165) is 0 Å². The molecule has 13 heavy (non-hydrogen) atoms. The molecule has 0 aromatic heterocycles. The molecule has 0 saturated carbocycles. The number of thiocarbonyl (C=S) groups is 1. The molecule has 0 saturated heterocycles. The van der Waals surface area contributed by atoms with E-state index in [1.54, 1.807) is 6.07 Å². The lowest BCUT2D eigenvalue weighted by atomic mass is 10.3. The number of nitrogens with two attached hydrogens (primary N) is 1. The molecule has 1 rings (SSSR count). The minimum Gasteiger partial charge on any atom is -0.376 e. The van der Waals surface area contributed by atoms with Gasteiger partial charge in [-0.1, -0.05) is 11.6 Å². The molecule has 0 bridgehead atoms. The molecule has 0 aliphatic rings. The maximum absolute atomic E-state index is 13.3. The summed E-state index contributed by atoms with van der Waals surface area (Å²) in [5.41, 5.74) is 5.35. The number of nitrogens with one attached hydrogen (secondary N) is 1. The van der Waals surface area contributed by atoms with Crippen LogP contribution in [0.5, 0.6) is 0 Å². The van der Waals surface area contributed by atoms with Crippen LogP contribution in [-0.4, -0.2) is 5.11 Å². The predicted octanol–water partition coefficient (Wildman–Crippen LogP) is 2.90. The first-order valence-corrected chi connectivity index (χ1v) is 4.80. The summed E-state index contributed by atoms with van der Waals surface area (Å²) in [6, 6.07) is 3.09. The van der Waals surface area contributed by atoms with Crippen LogP contribution in [0.15, 0.2) is 16.6 Å². The zero-order valence-corrected chi connectivity index (χ0v) is 9.43. The predicted molar refractivity (Wildman–Crippen MR) is 59.5 cm³/mol. The Balaban J connectivity index is 3.10. The number of hydrogen-bond acceptors (Lipinski definition) is 1. The van der Waals surface area contributed by atoms with Crippen LogP contribution in [0.4, 0.5) is 10.1 Å². The number of halogens is 3. The molecule has 0 fully saturated rings. The molecule has 1 aromatic carbocycles. The topological polar surface area (TPSA) is 38.0 Å². The van der Waals surface area contributed by atoms with Gasteiger partial charge < -0.3 is 11.1 Å². The Morgan fingerprint density at radius 1 is 1.62 bits per heavy atom. The first-order chi connectivity index (χ1) is 6.02. The smallest absolute Gasteiger partial charge is 0.168 e. The highest BCUT2D eigenvalue weighted by atomic mass is 79.9. The van der Waals surface area contributed by atoms with Crippen molar-refractivity contribution in [3.05, 3.63) is 27.4 Å². The molecular weight excluding hydrogens is 279 g/mol. The molecule has 0 unspecified atom stereocenters. The number of benzene rings is 1. The molecule has 1 aromatic rings. The summed E-state index contributed by atoms with van der Waals surface area (Å²) >= 11 is 13.3. The zero-order valence-electron chi connectivity index (χ0n) is 6.27. The van der Waals surface area contributed by atoms with Crippen molar-refractivity contribution in [2.75, 3.05) is 5.32 Å². The van der Waals surface area contributed by atoms with Crippen LogP contribution >= 0.6 is 39.7 Å². The molecule has 70 valence electrons. The third-order valence-electron chi connectivity index (χ3n) is 1.29. The van der Waals surface area contributed by atoms with Gasteiger partial charge in [-0.2, -0.15) is 0 Å². The van der Waals surface area contributed by atoms with Crippen molar-refractivity contribution in [2.45, 2.75) is 0 Å². The fourth-order valence-corrected chi connectivity index (χ4v) is 1.34. The molecule has 0 aliphatic heterocycles. The van der Waals surface area contributed by atoms with E-state index in [4.69, 9.17) is 17.3 Å². The average Bonchev–Trinajstić information content (AvgIpc) is 2.06. The van der Waals surface area contributed by atoms with E-state index in [-0.39, 0.29) is 15.8 Å². The second-order valence-corrected chi connectivity index (χ2v) is 3.88. The first-order valence-electron chi connectivity index (χ1n) is 3.22. The maximum Gasteiger partial charge on any atom is 0.168 e. The maximum atomic E-state index is 13.3. The lowest BCUT2D eigenvalue weighted by Gasteiger charge is -2.06. The lowest BCUT2D eigenvalue weighted by molar-refractivity contribution is 0.632. The number of anilines is 1. The largest absolute Gasteiger partial charge is 0.376 e. The Morgan fingerprint density at radius 2 is 2.23 bits per heavy atom. The van der Waals surface area contributed by atoms with E-state index >= 15 is 0 Å². The summed E-state index contributed by atoms with van der Waals surface area (Å²) in [6.45, 7) is 0. The summed E-state index contributed by atoms with van der Waals surface area (Å²) in [4.78, 5) is 0. The normalized spacial score (nSPS) is 9.77. The van der Waals surface area contributed by atoms with Gasteiger partial charge in [-0.05, 0) is 40.3 Å². The van der Waals surface area contributed by atoms with E-state index < -0.39 is 5.82 Å². The molecule has 0 heterocycles. The van der Waals surface area contributed by atoms with Crippen molar-refractivity contribution in [3.8, 4) is 0 Å². The minimum absolute atomic E-state index is 0.00116. The van der Waals surface area contributed by atoms with Gasteiger partial charge >= 0.3 is 0 Å². The van der Waals surface area contributed by atoms with E-state index in [0.29, 0.717) is 4.47 Å². The van der Waals surface area contributed by atoms with Crippen molar-refractivity contribution in [1.29, 1.82) is 0 Å². The molecule has 0 atom stereocenters. The number of rotatable bonds is 1. The molecular formula is C7H5BrClFN2S. The van der Waals surface area contributed by atoms with Crippen LogP contribution in [0.3, 0.4) is 0 Å².